The molecular formula is C14H16N2O. The second-order valence-corrected chi connectivity index (χ2v) is 3.85. The van der Waals surface area contributed by atoms with Gasteiger partial charge in [0, 0.05) is 12.2 Å². The second-order valence-electron chi connectivity index (χ2n) is 3.85. The van der Waals surface area contributed by atoms with Crippen LogP contribution in [0.15, 0.2) is 48.7 Å². The summed E-state index contributed by atoms with van der Waals surface area (Å²) in [7, 11) is 1.67. The first-order valence-corrected chi connectivity index (χ1v) is 5.61. The highest BCUT2D eigenvalue weighted by Crippen LogP contribution is 2.20. The van der Waals surface area contributed by atoms with Crippen molar-refractivity contribution in [3.63, 3.8) is 0 Å². The average molecular weight is 228 g/mol. The number of hydrogen-bond donors (Lipinski definition) is 1. The summed E-state index contributed by atoms with van der Waals surface area (Å²) in [5.74, 6) is 1.76. The topological polar surface area (TPSA) is 34.1 Å². The predicted octanol–water partition coefficient (Wildman–Crippen LogP) is 3.26. The van der Waals surface area contributed by atoms with Gasteiger partial charge in [0.2, 0.25) is 0 Å². The van der Waals surface area contributed by atoms with Crippen LogP contribution in [-0.4, -0.2) is 12.1 Å². The second kappa shape index (κ2) is 5.34. The van der Waals surface area contributed by atoms with Crippen molar-refractivity contribution in [2.24, 2.45) is 0 Å². The molecule has 1 atom stereocenters. The molecule has 2 rings (SSSR count). The summed E-state index contributed by atoms with van der Waals surface area (Å²) in [4.78, 5) is 4.24. The normalized spacial score (nSPS) is 11.9. The summed E-state index contributed by atoms with van der Waals surface area (Å²) in [6.45, 7) is 2.11. The van der Waals surface area contributed by atoms with Crippen molar-refractivity contribution >= 4 is 5.82 Å². The summed E-state index contributed by atoms with van der Waals surface area (Å²) >= 11 is 0. The summed E-state index contributed by atoms with van der Waals surface area (Å²) in [5, 5.41) is 3.34. The van der Waals surface area contributed by atoms with E-state index in [4.69, 9.17) is 4.74 Å². The van der Waals surface area contributed by atoms with Crippen molar-refractivity contribution in [3.8, 4) is 5.75 Å². The lowest BCUT2D eigenvalue weighted by molar-refractivity contribution is 0.414. The molecule has 1 aromatic carbocycles. The molecule has 2 aromatic rings. The maximum Gasteiger partial charge on any atom is 0.126 e. The minimum Gasteiger partial charge on any atom is -0.497 e. The fraction of sp³-hybridized carbons (Fsp3) is 0.214. The molecule has 1 aromatic heterocycles. The average Bonchev–Trinajstić information content (AvgIpc) is 2.40. The largest absolute Gasteiger partial charge is 0.497 e. The predicted molar refractivity (Wildman–Crippen MR) is 69.3 cm³/mol. The van der Waals surface area contributed by atoms with E-state index in [0.29, 0.717) is 0 Å². The molecule has 0 saturated heterocycles. The van der Waals surface area contributed by atoms with Crippen molar-refractivity contribution < 1.29 is 4.74 Å². The maximum atomic E-state index is 5.13. The number of methoxy groups -OCH3 is 1. The van der Waals surface area contributed by atoms with Gasteiger partial charge < -0.3 is 10.1 Å². The third-order valence-electron chi connectivity index (χ3n) is 2.65. The van der Waals surface area contributed by atoms with Gasteiger partial charge in [0.15, 0.2) is 0 Å². The van der Waals surface area contributed by atoms with Crippen LogP contribution in [-0.2, 0) is 0 Å². The molecule has 1 unspecified atom stereocenters. The van der Waals surface area contributed by atoms with Crippen LogP contribution in [0, 0.1) is 0 Å². The van der Waals surface area contributed by atoms with Gasteiger partial charge in [-0.15, -0.1) is 0 Å². The van der Waals surface area contributed by atoms with E-state index in [2.05, 4.69) is 29.4 Å². The third kappa shape index (κ3) is 2.97. The molecule has 0 bridgehead atoms. The highest BCUT2D eigenvalue weighted by Gasteiger charge is 2.05. The lowest BCUT2D eigenvalue weighted by Crippen LogP contribution is -2.07. The molecule has 1 N–H and O–H groups in total. The molecule has 0 radical (unpaired) electrons. The molecule has 17 heavy (non-hydrogen) atoms. The van der Waals surface area contributed by atoms with Crippen molar-refractivity contribution in [2.75, 3.05) is 12.4 Å². The summed E-state index contributed by atoms with van der Waals surface area (Å²) in [6, 6.07) is 14.1. The number of anilines is 1. The van der Waals surface area contributed by atoms with Gasteiger partial charge >= 0.3 is 0 Å². The van der Waals surface area contributed by atoms with E-state index >= 15 is 0 Å². The molecule has 0 aliphatic rings. The van der Waals surface area contributed by atoms with E-state index < -0.39 is 0 Å². The zero-order valence-corrected chi connectivity index (χ0v) is 10.1. The standard InChI is InChI=1S/C14H16N2O/c1-11(16-14-5-3-4-10-15-14)12-6-8-13(17-2)9-7-12/h3-11H,1-2H3,(H,15,16). The van der Waals surface area contributed by atoms with Crippen LogP contribution in [0.5, 0.6) is 5.75 Å². The quantitative estimate of drug-likeness (QED) is 0.872. The van der Waals surface area contributed by atoms with Gasteiger partial charge in [0.1, 0.15) is 11.6 Å². The number of nitrogens with one attached hydrogen (secondary N) is 1. The van der Waals surface area contributed by atoms with Crippen molar-refractivity contribution in [1.29, 1.82) is 0 Å². The fourth-order valence-electron chi connectivity index (χ4n) is 1.65. The van der Waals surface area contributed by atoms with Crippen LogP contribution >= 0.6 is 0 Å². The van der Waals surface area contributed by atoms with Crippen LogP contribution in [0.2, 0.25) is 0 Å². The molecule has 3 heteroatoms. The lowest BCUT2D eigenvalue weighted by Gasteiger charge is -2.15. The first-order chi connectivity index (χ1) is 8.29. The van der Waals surface area contributed by atoms with Crippen LogP contribution in [0.3, 0.4) is 0 Å². The van der Waals surface area contributed by atoms with E-state index in [0.717, 1.165) is 11.6 Å². The number of rotatable bonds is 4. The number of hydrogen-bond acceptors (Lipinski definition) is 3. The number of ether oxygens (including phenoxy) is 1. The Morgan fingerprint density at radius 3 is 2.47 bits per heavy atom. The summed E-state index contributed by atoms with van der Waals surface area (Å²) < 4.78 is 5.13. The molecule has 0 fully saturated rings. The molecule has 0 aliphatic heterocycles. The smallest absolute Gasteiger partial charge is 0.126 e. The minimum atomic E-state index is 0.218. The van der Waals surface area contributed by atoms with Crippen molar-refractivity contribution in [1.82, 2.24) is 4.98 Å². The molecule has 3 nitrogen and oxygen atoms in total. The highest BCUT2D eigenvalue weighted by atomic mass is 16.5. The molecule has 88 valence electrons. The van der Waals surface area contributed by atoms with E-state index in [9.17, 15) is 0 Å². The SMILES string of the molecule is COc1ccc(C(C)Nc2ccccn2)cc1. The molecule has 0 aliphatic carbocycles. The van der Waals surface area contributed by atoms with Crippen molar-refractivity contribution in [3.05, 3.63) is 54.2 Å². The fourth-order valence-corrected chi connectivity index (χ4v) is 1.65. The van der Waals surface area contributed by atoms with E-state index in [1.165, 1.54) is 5.56 Å². The van der Waals surface area contributed by atoms with Gasteiger partial charge in [0.25, 0.3) is 0 Å². The Morgan fingerprint density at radius 2 is 1.88 bits per heavy atom. The highest BCUT2D eigenvalue weighted by molar-refractivity contribution is 5.38. The Labute approximate surface area is 101 Å². The molecular weight excluding hydrogens is 212 g/mol. The van der Waals surface area contributed by atoms with Gasteiger partial charge in [-0.05, 0) is 36.8 Å². The van der Waals surface area contributed by atoms with Crippen LogP contribution in [0.25, 0.3) is 0 Å². The number of aromatic nitrogens is 1. The monoisotopic (exact) mass is 228 g/mol. The number of nitrogens with zero attached hydrogens (tertiary/aromatic N) is 1. The van der Waals surface area contributed by atoms with Crippen LogP contribution < -0.4 is 10.1 Å². The first kappa shape index (κ1) is 11.5. The Morgan fingerprint density at radius 1 is 1.12 bits per heavy atom. The molecule has 0 saturated carbocycles. The van der Waals surface area contributed by atoms with E-state index in [-0.39, 0.29) is 6.04 Å². The maximum absolute atomic E-state index is 5.13. The molecule has 1 heterocycles. The Bertz CT molecular complexity index is 453. The van der Waals surface area contributed by atoms with Gasteiger partial charge in [-0.25, -0.2) is 4.98 Å². The Balaban J connectivity index is 2.06. The third-order valence-corrected chi connectivity index (χ3v) is 2.65. The summed E-state index contributed by atoms with van der Waals surface area (Å²) in [5.41, 5.74) is 1.21. The molecule has 0 amide bonds. The minimum absolute atomic E-state index is 0.218. The van der Waals surface area contributed by atoms with Gasteiger partial charge in [-0.2, -0.15) is 0 Å². The molecule has 0 spiro atoms. The number of pyridine rings is 1. The zero-order chi connectivity index (χ0) is 12.1. The van der Waals surface area contributed by atoms with Gasteiger partial charge in [-0.3, -0.25) is 0 Å². The van der Waals surface area contributed by atoms with Crippen LogP contribution in [0.4, 0.5) is 5.82 Å². The first-order valence-electron chi connectivity index (χ1n) is 5.61. The van der Waals surface area contributed by atoms with E-state index in [1.807, 2.05) is 30.3 Å². The Kier molecular flexibility index (Phi) is 3.60. The van der Waals surface area contributed by atoms with Crippen LogP contribution in [0.1, 0.15) is 18.5 Å². The van der Waals surface area contributed by atoms with E-state index in [1.54, 1.807) is 13.3 Å². The van der Waals surface area contributed by atoms with Gasteiger partial charge in [-0.1, -0.05) is 18.2 Å². The zero-order valence-electron chi connectivity index (χ0n) is 10.1. The number of benzene rings is 1. The lowest BCUT2D eigenvalue weighted by atomic mass is 10.1. The Hall–Kier alpha value is -2.03. The summed E-state index contributed by atoms with van der Waals surface area (Å²) in [6.07, 6.45) is 1.78. The van der Waals surface area contributed by atoms with Gasteiger partial charge in [0.05, 0.1) is 7.11 Å². The van der Waals surface area contributed by atoms with Crippen molar-refractivity contribution in [2.45, 2.75) is 13.0 Å².